The molecule has 25 heavy (non-hydrogen) atoms. The third-order valence-corrected chi connectivity index (χ3v) is 4.82. The molecule has 0 aliphatic heterocycles. The largest absolute Gasteiger partial charge is 0.320 e. The van der Waals surface area contributed by atoms with E-state index in [-0.39, 0.29) is 5.91 Å². The van der Waals surface area contributed by atoms with Gasteiger partial charge in [-0.25, -0.2) is 4.68 Å². The van der Waals surface area contributed by atoms with E-state index in [0.717, 1.165) is 47.5 Å². The van der Waals surface area contributed by atoms with Crippen molar-refractivity contribution < 1.29 is 4.79 Å². The van der Waals surface area contributed by atoms with E-state index in [2.05, 4.69) is 10.4 Å². The molecule has 0 spiro atoms. The summed E-state index contributed by atoms with van der Waals surface area (Å²) < 4.78 is 1.91. The number of fused-ring (bicyclic) bond motifs is 1. The van der Waals surface area contributed by atoms with E-state index in [1.807, 2.05) is 54.1 Å². The van der Waals surface area contributed by atoms with Crippen LogP contribution in [0, 0.1) is 6.92 Å². The smallest absolute Gasteiger partial charge is 0.276 e. The molecule has 1 aromatic heterocycles. The van der Waals surface area contributed by atoms with Crippen LogP contribution in [0.25, 0.3) is 5.69 Å². The summed E-state index contributed by atoms with van der Waals surface area (Å²) in [6.45, 7) is 1.93. The van der Waals surface area contributed by atoms with E-state index < -0.39 is 0 Å². The molecule has 1 aliphatic carbocycles. The number of amides is 1. The normalized spacial score (nSPS) is 12.9. The molecule has 1 amide bonds. The van der Waals surface area contributed by atoms with Gasteiger partial charge in [0.15, 0.2) is 5.69 Å². The van der Waals surface area contributed by atoms with Gasteiger partial charge in [-0.05, 0) is 62.1 Å². The van der Waals surface area contributed by atoms with Crippen molar-refractivity contribution in [3.63, 3.8) is 0 Å². The van der Waals surface area contributed by atoms with E-state index in [4.69, 9.17) is 11.6 Å². The lowest BCUT2D eigenvalue weighted by Gasteiger charge is -2.08. The number of aromatic nitrogens is 2. The Morgan fingerprint density at radius 2 is 1.96 bits per heavy atom. The monoisotopic (exact) mass is 351 g/mol. The van der Waals surface area contributed by atoms with E-state index >= 15 is 0 Å². The molecule has 0 saturated carbocycles. The highest BCUT2D eigenvalue weighted by atomic mass is 35.5. The average molecular weight is 352 g/mol. The zero-order valence-electron chi connectivity index (χ0n) is 13.9. The van der Waals surface area contributed by atoms with Gasteiger partial charge in [0.25, 0.3) is 5.91 Å². The van der Waals surface area contributed by atoms with Crippen LogP contribution in [0.1, 0.15) is 33.7 Å². The Kier molecular flexibility index (Phi) is 4.06. The van der Waals surface area contributed by atoms with Crippen molar-refractivity contribution in [2.45, 2.75) is 26.2 Å². The second-order valence-electron chi connectivity index (χ2n) is 6.29. The minimum atomic E-state index is -0.168. The zero-order chi connectivity index (χ0) is 17.4. The average Bonchev–Trinajstić information content (AvgIpc) is 3.20. The van der Waals surface area contributed by atoms with Crippen molar-refractivity contribution in [2.24, 2.45) is 0 Å². The minimum absolute atomic E-state index is 0.168. The van der Waals surface area contributed by atoms with E-state index in [9.17, 15) is 4.79 Å². The van der Waals surface area contributed by atoms with Crippen LogP contribution in [0.15, 0.2) is 48.5 Å². The third kappa shape index (κ3) is 2.94. The molecule has 0 atom stereocenters. The van der Waals surface area contributed by atoms with Crippen LogP contribution in [0.4, 0.5) is 5.69 Å². The number of nitrogens with zero attached hydrogens (tertiary/aromatic N) is 2. The summed E-state index contributed by atoms with van der Waals surface area (Å²) >= 11 is 5.99. The van der Waals surface area contributed by atoms with Crippen LogP contribution in [0.3, 0.4) is 0 Å². The Hall–Kier alpha value is -2.59. The molecule has 1 N–H and O–H groups in total. The Morgan fingerprint density at radius 1 is 1.16 bits per heavy atom. The number of hydrogen-bond acceptors (Lipinski definition) is 2. The molecule has 1 aliphatic rings. The van der Waals surface area contributed by atoms with Gasteiger partial charge < -0.3 is 5.32 Å². The molecule has 0 bridgehead atoms. The molecular weight excluding hydrogens is 334 g/mol. The van der Waals surface area contributed by atoms with Crippen molar-refractivity contribution in [2.75, 3.05) is 5.32 Å². The molecule has 5 heteroatoms. The fourth-order valence-electron chi connectivity index (χ4n) is 3.35. The van der Waals surface area contributed by atoms with Gasteiger partial charge >= 0.3 is 0 Å². The van der Waals surface area contributed by atoms with Gasteiger partial charge in [-0.3, -0.25) is 4.79 Å². The number of hydrogen-bond donors (Lipinski definition) is 1. The van der Waals surface area contributed by atoms with Gasteiger partial charge in [0, 0.05) is 22.0 Å². The zero-order valence-corrected chi connectivity index (χ0v) is 14.7. The molecule has 2 aromatic carbocycles. The van der Waals surface area contributed by atoms with E-state index in [1.165, 1.54) is 0 Å². The Morgan fingerprint density at radius 3 is 2.72 bits per heavy atom. The molecule has 0 unspecified atom stereocenters. The number of carbonyl (C=O) groups excluding carboxylic acids is 1. The van der Waals surface area contributed by atoms with Crippen molar-refractivity contribution >= 4 is 23.2 Å². The Labute approximate surface area is 151 Å². The van der Waals surface area contributed by atoms with E-state index in [1.54, 1.807) is 6.07 Å². The number of nitrogens with one attached hydrogen (secondary N) is 1. The maximum Gasteiger partial charge on any atom is 0.276 e. The Balaban J connectivity index is 1.70. The number of carbonyl (C=O) groups is 1. The highest BCUT2D eigenvalue weighted by Crippen LogP contribution is 2.29. The fourth-order valence-corrected chi connectivity index (χ4v) is 3.58. The number of rotatable bonds is 3. The first-order valence-electron chi connectivity index (χ1n) is 8.37. The van der Waals surface area contributed by atoms with E-state index in [0.29, 0.717) is 10.7 Å². The summed E-state index contributed by atoms with van der Waals surface area (Å²) in [4.78, 5) is 12.8. The molecule has 4 nitrogen and oxygen atoms in total. The van der Waals surface area contributed by atoms with Crippen LogP contribution in [0.2, 0.25) is 5.02 Å². The second kappa shape index (κ2) is 6.37. The van der Waals surface area contributed by atoms with Gasteiger partial charge in [-0.1, -0.05) is 29.8 Å². The summed E-state index contributed by atoms with van der Waals surface area (Å²) in [6.07, 6.45) is 2.90. The SMILES string of the molecule is Cc1cc(Cl)ccc1NC(=O)c1nn(-c2ccccc2)c2c1CCC2. The molecule has 0 saturated heterocycles. The van der Waals surface area contributed by atoms with Crippen LogP contribution in [-0.2, 0) is 12.8 Å². The quantitative estimate of drug-likeness (QED) is 0.751. The Bertz CT molecular complexity index is 947. The summed E-state index contributed by atoms with van der Waals surface area (Å²) in [5.74, 6) is -0.168. The van der Waals surface area contributed by atoms with Crippen molar-refractivity contribution in [1.29, 1.82) is 0 Å². The van der Waals surface area contributed by atoms with Gasteiger partial charge in [0.1, 0.15) is 0 Å². The molecule has 126 valence electrons. The minimum Gasteiger partial charge on any atom is -0.320 e. The summed E-state index contributed by atoms with van der Waals surface area (Å²) in [5, 5.41) is 8.26. The maximum atomic E-state index is 12.8. The van der Waals surface area contributed by atoms with Crippen LogP contribution in [-0.4, -0.2) is 15.7 Å². The number of benzene rings is 2. The first kappa shape index (κ1) is 15.9. The number of aryl methyl sites for hydroxylation is 1. The lowest BCUT2D eigenvalue weighted by atomic mass is 10.1. The molecule has 3 aromatic rings. The number of anilines is 1. The number of halogens is 1. The highest BCUT2D eigenvalue weighted by Gasteiger charge is 2.27. The standard InChI is InChI=1S/C20H18ClN3O/c1-13-12-14(21)10-11-17(13)22-20(25)19-16-8-5-9-18(16)24(23-19)15-6-3-2-4-7-15/h2-4,6-7,10-12H,5,8-9H2,1H3,(H,22,25). The first-order chi connectivity index (χ1) is 12.1. The highest BCUT2D eigenvalue weighted by molar-refractivity contribution is 6.30. The molecular formula is C20H18ClN3O. The predicted octanol–water partition coefficient (Wildman–Crippen LogP) is 4.58. The molecule has 1 heterocycles. The lowest BCUT2D eigenvalue weighted by molar-refractivity contribution is 0.102. The summed E-state index contributed by atoms with van der Waals surface area (Å²) in [7, 11) is 0. The predicted molar refractivity (Wildman–Crippen MR) is 99.7 cm³/mol. The molecule has 4 rings (SSSR count). The fraction of sp³-hybridized carbons (Fsp3) is 0.200. The van der Waals surface area contributed by atoms with Gasteiger partial charge in [0.2, 0.25) is 0 Å². The van der Waals surface area contributed by atoms with Gasteiger partial charge in [0.05, 0.1) is 5.69 Å². The van der Waals surface area contributed by atoms with Crippen molar-refractivity contribution in [1.82, 2.24) is 9.78 Å². The first-order valence-corrected chi connectivity index (χ1v) is 8.75. The second-order valence-corrected chi connectivity index (χ2v) is 6.72. The van der Waals surface area contributed by atoms with Crippen molar-refractivity contribution in [3.8, 4) is 5.69 Å². The summed E-state index contributed by atoms with van der Waals surface area (Å²) in [6, 6.07) is 15.4. The third-order valence-electron chi connectivity index (χ3n) is 4.58. The van der Waals surface area contributed by atoms with Crippen LogP contribution >= 0.6 is 11.6 Å². The topological polar surface area (TPSA) is 46.9 Å². The number of para-hydroxylation sites is 1. The van der Waals surface area contributed by atoms with Gasteiger partial charge in [-0.15, -0.1) is 0 Å². The van der Waals surface area contributed by atoms with Crippen LogP contribution in [0.5, 0.6) is 0 Å². The molecule has 0 fully saturated rings. The van der Waals surface area contributed by atoms with Crippen molar-refractivity contribution in [3.05, 3.63) is 76.1 Å². The maximum absolute atomic E-state index is 12.8. The molecule has 0 radical (unpaired) electrons. The lowest BCUT2D eigenvalue weighted by Crippen LogP contribution is -2.15. The van der Waals surface area contributed by atoms with Crippen LogP contribution < -0.4 is 5.32 Å². The van der Waals surface area contributed by atoms with Gasteiger partial charge in [-0.2, -0.15) is 5.10 Å². The summed E-state index contributed by atoms with van der Waals surface area (Å²) in [5.41, 5.74) is 5.40.